The lowest BCUT2D eigenvalue weighted by atomic mass is 10.00. The Morgan fingerprint density at radius 3 is 2.24 bits per heavy atom. The highest BCUT2D eigenvalue weighted by Crippen LogP contribution is 2.26. The number of carbonyl (C=O) groups excluding carboxylic acids is 4. The predicted molar refractivity (Wildman–Crippen MR) is 146 cm³/mol. The zero-order valence-corrected chi connectivity index (χ0v) is 22.5. The number of nitrogens with zero attached hydrogens (tertiary/aromatic N) is 1. The predicted octanol–water partition coefficient (Wildman–Crippen LogP) is 3.66. The molecule has 38 heavy (non-hydrogen) atoms. The molecule has 2 unspecified atom stereocenters. The molecule has 0 radical (unpaired) electrons. The van der Waals surface area contributed by atoms with Crippen LogP contribution in [-0.2, 0) is 19.1 Å². The summed E-state index contributed by atoms with van der Waals surface area (Å²) in [4.78, 5) is 53.3. The van der Waals surface area contributed by atoms with Crippen molar-refractivity contribution in [2.24, 2.45) is 5.73 Å². The number of carbonyl (C=O) groups is 4. The van der Waals surface area contributed by atoms with Crippen LogP contribution in [0.1, 0.15) is 63.3 Å². The lowest BCUT2D eigenvalue weighted by molar-refractivity contribution is -0.141. The van der Waals surface area contributed by atoms with Crippen molar-refractivity contribution in [1.82, 2.24) is 10.2 Å². The smallest absolute Gasteiger partial charge is 0.408 e. The van der Waals surface area contributed by atoms with E-state index >= 15 is 0 Å². The number of primary amides is 1. The minimum Gasteiger partial charge on any atom is -0.444 e. The molecule has 2 aromatic carbocycles. The minimum absolute atomic E-state index is 0.160. The minimum atomic E-state index is -1.34. The Bertz CT molecular complexity index is 1190. The van der Waals surface area contributed by atoms with Gasteiger partial charge in [-0.05, 0) is 63.4 Å². The molecule has 0 aromatic heterocycles. The van der Waals surface area contributed by atoms with Crippen molar-refractivity contribution in [3.8, 4) is 12.3 Å². The van der Waals surface area contributed by atoms with Gasteiger partial charge in [-0.25, -0.2) is 4.79 Å². The quantitative estimate of drug-likeness (QED) is 0.412. The first kappa shape index (κ1) is 29.9. The number of para-hydroxylation sites is 1. The van der Waals surface area contributed by atoms with E-state index in [0.717, 1.165) is 5.56 Å². The Kier molecular flexibility index (Phi) is 10.5. The summed E-state index contributed by atoms with van der Waals surface area (Å²) in [6.45, 7) is 8.89. The number of amides is 4. The van der Waals surface area contributed by atoms with E-state index in [4.69, 9.17) is 16.9 Å². The molecule has 0 saturated heterocycles. The van der Waals surface area contributed by atoms with E-state index < -0.39 is 47.9 Å². The summed E-state index contributed by atoms with van der Waals surface area (Å²) < 4.78 is 5.28. The summed E-state index contributed by atoms with van der Waals surface area (Å²) in [5.74, 6) is 0.618. The number of ether oxygens (including phenoxy) is 1. The van der Waals surface area contributed by atoms with Gasteiger partial charge in [0.15, 0.2) is 0 Å². The normalized spacial score (nSPS) is 12.4. The fraction of sp³-hybridized carbons (Fsp3) is 0.379. The number of benzene rings is 2. The maximum absolute atomic E-state index is 13.9. The summed E-state index contributed by atoms with van der Waals surface area (Å²) in [7, 11) is 0. The maximum atomic E-state index is 13.9. The Labute approximate surface area is 224 Å². The Hall–Kier alpha value is -4.32. The van der Waals surface area contributed by atoms with Crippen LogP contribution in [0.2, 0.25) is 0 Å². The molecule has 9 nitrogen and oxygen atoms in total. The van der Waals surface area contributed by atoms with E-state index in [2.05, 4.69) is 16.6 Å². The second kappa shape index (κ2) is 13.3. The maximum Gasteiger partial charge on any atom is 0.408 e. The molecule has 0 heterocycles. The van der Waals surface area contributed by atoms with Crippen molar-refractivity contribution in [2.75, 3.05) is 11.9 Å². The van der Waals surface area contributed by atoms with Crippen molar-refractivity contribution < 1.29 is 23.9 Å². The Morgan fingerprint density at radius 1 is 1.08 bits per heavy atom. The van der Waals surface area contributed by atoms with E-state index in [-0.39, 0.29) is 6.54 Å². The third-order valence-electron chi connectivity index (χ3n) is 5.50. The Balaban J connectivity index is 2.53. The van der Waals surface area contributed by atoms with Crippen molar-refractivity contribution in [3.63, 3.8) is 0 Å². The molecule has 4 N–H and O–H groups in total. The topological polar surface area (TPSA) is 131 Å². The summed E-state index contributed by atoms with van der Waals surface area (Å²) in [6.07, 6.45) is 4.64. The monoisotopic (exact) mass is 520 g/mol. The molecule has 0 aliphatic heterocycles. The van der Waals surface area contributed by atoms with Gasteiger partial charge in [0.05, 0.1) is 6.42 Å². The molecule has 0 saturated carbocycles. The van der Waals surface area contributed by atoms with Gasteiger partial charge in [0, 0.05) is 17.8 Å². The number of hydrogen-bond acceptors (Lipinski definition) is 5. The lowest BCUT2D eigenvalue weighted by Crippen LogP contribution is -2.53. The fourth-order valence-corrected chi connectivity index (χ4v) is 3.81. The van der Waals surface area contributed by atoms with Gasteiger partial charge in [-0.1, -0.05) is 43.2 Å². The number of nitrogens with one attached hydrogen (secondary N) is 2. The van der Waals surface area contributed by atoms with Crippen LogP contribution in [0.25, 0.3) is 0 Å². The summed E-state index contributed by atoms with van der Waals surface area (Å²) in [5, 5.41) is 5.36. The molecule has 4 amide bonds. The lowest BCUT2D eigenvalue weighted by Gasteiger charge is -2.34. The van der Waals surface area contributed by atoms with E-state index in [1.807, 2.05) is 26.0 Å². The summed E-state index contributed by atoms with van der Waals surface area (Å²) in [5.41, 5.74) is 7.12. The van der Waals surface area contributed by atoms with Crippen LogP contribution in [0.15, 0.2) is 48.5 Å². The molecule has 0 spiro atoms. The molecule has 0 aliphatic carbocycles. The number of terminal acetylenes is 1. The third kappa shape index (κ3) is 8.66. The van der Waals surface area contributed by atoms with Gasteiger partial charge in [-0.15, -0.1) is 6.42 Å². The van der Waals surface area contributed by atoms with Crippen LogP contribution in [-0.4, -0.2) is 46.9 Å². The first-order valence-electron chi connectivity index (χ1n) is 12.4. The van der Waals surface area contributed by atoms with Gasteiger partial charge in [-0.3, -0.25) is 14.4 Å². The molecule has 0 fully saturated rings. The third-order valence-corrected chi connectivity index (χ3v) is 5.50. The average molecular weight is 521 g/mol. The van der Waals surface area contributed by atoms with Crippen molar-refractivity contribution in [3.05, 3.63) is 65.2 Å². The Morgan fingerprint density at radius 2 is 1.71 bits per heavy atom. The summed E-state index contributed by atoms with van der Waals surface area (Å²) >= 11 is 0. The first-order valence-corrected chi connectivity index (χ1v) is 12.4. The van der Waals surface area contributed by atoms with E-state index in [9.17, 15) is 19.2 Å². The number of nitrogens with two attached hydrogens (primary N) is 1. The van der Waals surface area contributed by atoms with Crippen molar-refractivity contribution in [2.45, 2.75) is 65.1 Å². The SMILES string of the molecule is C#Cc1ccc(C(C(=O)Nc2ccccc2C)N(CCC)C(=O)C(CC(N)=O)NC(=O)OC(C)(C)C)cc1. The molecule has 9 heteroatoms. The molecule has 0 bridgehead atoms. The highest BCUT2D eigenvalue weighted by atomic mass is 16.6. The van der Waals surface area contributed by atoms with Crippen molar-refractivity contribution >= 4 is 29.5 Å². The van der Waals surface area contributed by atoms with Gasteiger partial charge in [0.25, 0.3) is 5.91 Å². The number of aryl methyl sites for hydroxylation is 1. The molecular formula is C29H36N4O5. The number of hydrogen-bond donors (Lipinski definition) is 3. The van der Waals surface area contributed by atoms with E-state index in [1.165, 1.54) is 4.90 Å². The molecular weight excluding hydrogens is 484 g/mol. The van der Waals surface area contributed by atoms with Crippen LogP contribution in [0, 0.1) is 19.3 Å². The zero-order chi connectivity index (χ0) is 28.5. The highest BCUT2D eigenvalue weighted by molar-refractivity contribution is 6.00. The molecule has 2 rings (SSSR count). The summed E-state index contributed by atoms with van der Waals surface area (Å²) in [6, 6.07) is 11.5. The van der Waals surface area contributed by atoms with Gasteiger partial charge in [0.2, 0.25) is 11.8 Å². The van der Waals surface area contributed by atoms with Gasteiger partial charge in [0.1, 0.15) is 17.7 Å². The number of rotatable bonds is 10. The molecule has 2 atom stereocenters. The average Bonchev–Trinajstić information content (AvgIpc) is 2.83. The zero-order valence-electron chi connectivity index (χ0n) is 22.5. The van der Waals surface area contributed by atoms with E-state index in [0.29, 0.717) is 23.2 Å². The van der Waals surface area contributed by atoms with Gasteiger partial charge < -0.3 is 26.0 Å². The van der Waals surface area contributed by atoms with Crippen LogP contribution < -0.4 is 16.4 Å². The largest absolute Gasteiger partial charge is 0.444 e. The van der Waals surface area contributed by atoms with Crippen LogP contribution in [0.3, 0.4) is 0 Å². The molecule has 0 aliphatic rings. The molecule has 2 aromatic rings. The van der Waals surface area contributed by atoms with Crippen LogP contribution in [0.4, 0.5) is 10.5 Å². The van der Waals surface area contributed by atoms with Crippen LogP contribution >= 0.6 is 0 Å². The van der Waals surface area contributed by atoms with Crippen LogP contribution in [0.5, 0.6) is 0 Å². The van der Waals surface area contributed by atoms with Gasteiger partial charge in [-0.2, -0.15) is 0 Å². The van der Waals surface area contributed by atoms with E-state index in [1.54, 1.807) is 57.2 Å². The van der Waals surface area contributed by atoms with Crippen molar-refractivity contribution in [1.29, 1.82) is 0 Å². The van der Waals surface area contributed by atoms with Gasteiger partial charge >= 0.3 is 6.09 Å². The highest BCUT2D eigenvalue weighted by Gasteiger charge is 2.36. The fourth-order valence-electron chi connectivity index (χ4n) is 3.81. The second-order valence-electron chi connectivity index (χ2n) is 9.87. The first-order chi connectivity index (χ1) is 17.9. The molecule has 202 valence electrons. The number of anilines is 1. The second-order valence-corrected chi connectivity index (χ2v) is 9.87. The standard InChI is InChI=1S/C29H36N4O5/c1-7-17-33(27(36)23(18-24(30)34)32-28(37)38-29(4,5)6)25(21-15-13-20(8-2)14-16-21)26(35)31-22-12-10-9-11-19(22)3/h2,9-16,23,25H,7,17-18H2,1,3-6H3,(H2,30,34)(H,31,35)(H,32,37). The number of alkyl carbamates (subject to hydrolysis) is 1.